The lowest BCUT2D eigenvalue weighted by Crippen LogP contribution is -2.46. The summed E-state index contributed by atoms with van der Waals surface area (Å²) < 4.78 is 5.37. The van der Waals surface area contributed by atoms with Crippen LogP contribution in [0.15, 0.2) is 42.5 Å². The molecule has 25 heavy (non-hydrogen) atoms. The van der Waals surface area contributed by atoms with Gasteiger partial charge in [0.25, 0.3) is 0 Å². The summed E-state index contributed by atoms with van der Waals surface area (Å²) in [6, 6.07) is 12.6. The van der Waals surface area contributed by atoms with Crippen LogP contribution in [0.5, 0.6) is 5.75 Å². The van der Waals surface area contributed by atoms with Crippen molar-refractivity contribution in [2.24, 2.45) is 0 Å². The number of benzene rings is 1. The quantitative estimate of drug-likeness (QED) is 0.877. The monoisotopic (exact) mass is 338 g/mol. The second-order valence-electron chi connectivity index (χ2n) is 6.37. The van der Waals surface area contributed by atoms with Gasteiger partial charge in [0.1, 0.15) is 5.75 Å². The van der Waals surface area contributed by atoms with Gasteiger partial charge in [-0.1, -0.05) is 30.4 Å². The highest BCUT2D eigenvalue weighted by Crippen LogP contribution is 2.19. The van der Waals surface area contributed by atoms with E-state index >= 15 is 0 Å². The van der Waals surface area contributed by atoms with Crippen LogP contribution in [0, 0.1) is 6.92 Å². The van der Waals surface area contributed by atoms with E-state index in [1.54, 1.807) is 7.11 Å². The van der Waals surface area contributed by atoms with Gasteiger partial charge < -0.3 is 15.0 Å². The first kappa shape index (κ1) is 17.4. The first-order valence-electron chi connectivity index (χ1n) is 8.84. The molecule has 1 fully saturated rings. The summed E-state index contributed by atoms with van der Waals surface area (Å²) in [4.78, 5) is 2.32. The third-order valence-corrected chi connectivity index (χ3v) is 4.49. The zero-order chi connectivity index (χ0) is 17.5. The van der Waals surface area contributed by atoms with Crippen LogP contribution in [0.3, 0.4) is 0 Å². The Morgan fingerprint density at radius 2 is 2.12 bits per heavy atom. The van der Waals surface area contributed by atoms with Gasteiger partial charge in [-0.15, -0.1) is 5.10 Å². The van der Waals surface area contributed by atoms with E-state index < -0.39 is 0 Å². The number of ether oxygens (including phenoxy) is 1. The molecule has 0 spiro atoms. The van der Waals surface area contributed by atoms with Crippen LogP contribution >= 0.6 is 0 Å². The van der Waals surface area contributed by atoms with Crippen molar-refractivity contribution in [3.8, 4) is 5.75 Å². The zero-order valence-electron chi connectivity index (χ0n) is 15.0. The fraction of sp³-hybridized carbons (Fsp3) is 0.400. The van der Waals surface area contributed by atoms with E-state index in [1.807, 2.05) is 31.2 Å². The van der Waals surface area contributed by atoms with E-state index in [0.29, 0.717) is 6.04 Å². The molecule has 1 saturated heterocycles. The highest BCUT2D eigenvalue weighted by Gasteiger charge is 2.20. The molecule has 0 unspecified atom stereocenters. The molecule has 1 aliphatic rings. The molecule has 0 amide bonds. The van der Waals surface area contributed by atoms with Crippen LogP contribution in [0.1, 0.15) is 24.1 Å². The van der Waals surface area contributed by atoms with Crippen molar-refractivity contribution in [3.05, 3.63) is 53.7 Å². The molecule has 1 aromatic heterocycles. The number of rotatable bonds is 6. The first-order chi connectivity index (χ1) is 12.3. The molecule has 2 aromatic rings. The Kier molecular flexibility index (Phi) is 6.01. The number of nitrogens with zero attached hydrogens (tertiary/aromatic N) is 3. The lowest BCUT2D eigenvalue weighted by molar-refractivity contribution is 0.414. The lowest BCUT2D eigenvalue weighted by atomic mass is 10.1. The van der Waals surface area contributed by atoms with Crippen molar-refractivity contribution in [1.82, 2.24) is 15.5 Å². The second-order valence-corrected chi connectivity index (χ2v) is 6.37. The number of methoxy groups -OCH3 is 1. The molecule has 5 nitrogen and oxygen atoms in total. The average Bonchev–Trinajstić information content (AvgIpc) is 2.66. The highest BCUT2D eigenvalue weighted by atomic mass is 16.5. The van der Waals surface area contributed by atoms with Gasteiger partial charge in [0.15, 0.2) is 5.82 Å². The summed E-state index contributed by atoms with van der Waals surface area (Å²) in [5.41, 5.74) is 2.06. The minimum atomic E-state index is 0.471. The van der Waals surface area contributed by atoms with Crippen LogP contribution < -0.4 is 15.0 Å². The maximum Gasteiger partial charge on any atom is 0.151 e. The van der Waals surface area contributed by atoms with E-state index in [-0.39, 0.29) is 0 Å². The van der Waals surface area contributed by atoms with Crippen molar-refractivity contribution in [2.75, 3.05) is 31.6 Å². The molecule has 1 atom stereocenters. The Balaban J connectivity index is 1.51. The minimum absolute atomic E-state index is 0.471. The van der Waals surface area contributed by atoms with Crippen molar-refractivity contribution < 1.29 is 4.74 Å². The minimum Gasteiger partial charge on any atom is -0.496 e. The van der Waals surface area contributed by atoms with Gasteiger partial charge in [0.05, 0.1) is 12.8 Å². The number of piperidine rings is 1. The summed E-state index contributed by atoms with van der Waals surface area (Å²) in [5.74, 6) is 1.88. The van der Waals surface area contributed by atoms with Crippen LogP contribution in [0.25, 0.3) is 6.08 Å². The third-order valence-electron chi connectivity index (χ3n) is 4.49. The number of aryl methyl sites for hydroxylation is 1. The summed E-state index contributed by atoms with van der Waals surface area (Å²) in [6.45, 7) is 4.83. The molecule has 3 rings (SSSR count). The summed E-state index contributed by atoms with van der Waals surface area (Å²) in [7, 11) is 1.70. The third kappa shape index (κ3) is 4.79. The van der Waals surface area contributed by atoms with Gasteiger partial charge in [-0.25, -0.2) is 0 Å². The first-order valence-corrected chi connectivity index (χ1v) is 8.84. The molecule has 0 aliphatic carbocycles. The Morgan fingerprint density at radius 3 is 2.92 bits per heavy atom. The van der Waals surface area contributed by atoms with E-state index in [1.165, 1.54) is 12.8 Å². The topological polar surface area (TPSA) is 50.3 Å². The van der Waals surface area contributed by atoms with Gasteiger partial charge >= 0.3 is 0 Å². The largest absolute Gasteiger partial charge is 0.496 e. The molecule has 1 aliphatic heterocycles. The lowest BCUT2D eigenvalue weighted by Gasteiger charge is -2.33. The van der Waals surface area contributed by atoms with Crippen molar-refractivity contribution in [1.29, 1.82) is 0 Å². The SMILES string of the molecule is COc1ccccc1/C=C/CN[C@H]1CCCN(c2ccc(C)nn2)C1. The number of anilines is 1. The normalized spacial score (nSPS) is 17.8. The summed E-state index contributed by atoms with van der Waals surface area (Å²) >= 11 is 0. The average molecular weight is 338 g/mol. The van der Waals surface area contributed by atoms with Crippen molar-refractivity contribution in [2.45, 2.75) is 25.8 Å². The number of hydrogen-bond acceptors (Lipinski definition) is 5. The Morgan fingerprint density at radius 1 is 1.24 bits per heavy atom. The van der Waals surface area contributed by atoms with E-state index in [0.717, 1.165) is 42.5 Å². The molecule has 5 heteroatoms. The molecule has 132 valence electrons. The molecule has 0 radical (unpaired) electrons. The number of hydrogen-bond donors (Lipinski definition) is 1. The summed E-state index contributed by atoms with van der Waals surface area (Å²) in [5, 5.41) is 12.1. The van der Waals surface area contributed by atoms with Gasteiger partial charge in [-0.2, -0.15) is 5.10 Å². The molecule has 0 bridgehead atoms. The van der Waals surface area contributed by atoms with E-state index in [9.17, 15) is 0 Å². The number of nitrogens with one attached hydrogen (secondary N) is 1. The maximum atomic E-state index is 5.37. The molecule has 0 saturated carbocycles. The number of para-hydroxylation sites is 1. The van der Waals surface area contributed by atoms with Crippen molar-refractivity contribution in [3.63, 3.8) is 0 Å². The van der Waals surface area contributed by atoms with E-state index in [2.05, 4.69) is 44.7 Å². The predicted molar refractivity (Wildman–Crippen MR) is 102 cm³/mol. The Hall–Kier alpha value is -2.40. The predicted octanol–water partition coefficient (Wildman–Crippen LogP) is 3.07. The standard InChI is InChI=1S/C20H26N4O/c1-16-11-12-20(23-22-16)24-14-6-9-18(15-24)21-13-5-8-17-7-3-4-10-19(17)25-2/h3-5,7-8,10-12,18,21H,6,9,13-15H2,1-2H3/b8-5+/t18-/m0/s1. The Bertz CT molecular complexity index is 699. The fourth-order valence-electron chi connectivity index (χ4n) is 3.14. The molecule has 1 N–H and O–H groups in total. The van der Waals surface area contributed by atoms with Crippen molar-refractivity contribution >= 4 is 11.9 Å². The maximum absolute atomic E-state index is 5.37. The highest BCUT2D eigenvalue weighted by molar-refractivity contribution is 5.57. The molecular formula is C20H26N4O. The van der Waals surface area contributed by atoms with Crippen LogP contribution in [-0.2, 0) is 0 Å². The van der Waals surface area contributed by atoms with Crippen LogP contribution in [-0.4, -0.2) is 43.0 Å². The zero-order valence-corrected chi connectivity index (χ0v) is 15.0. The fourth-order valence-corrected chi connectivity index (χ4v) is 3.14. The Labute approximate surface area is 149 Å². The van der Waals surface area contributed by atoms with Gasteiger partial charge in [0, 0.05) is 31.2 Å². The molecule has 2 heterocycles. The van der Waals surface area contributed by atoms with Crippen LogP contribution in [0.2, 0.25) is 0 Å². The number of aromatic nitrogens is 2. The molecular weight excluding hydrogens is 312 g/mol. The van der Waals surface area contributed by atoms with Crippen LogP contribution in [0.4, 0.5) is 5.82 Å². The van der Waals surface area contributed by atoms with E-state index in [4.69, 9.17) is 4.74 Å². The van der Waals surface area contributed by atoms with Gasteiger partial charge in [-0.3, -0.25) is 0 Å². The van der Waals surface area contributed by atoms with Gasteiger partial charge in [-0.05, 0) is 38.0 Å². The van der Waals surface area contributed by atoms with Gasteiger partial charge in [0.2, 0.25) is 0 Å². The smallest absolute Gasteiger partial charge is 0.151 e. The second kappa shape index (κ2) is 8.62. The molecule has 1 aromatic carbocycles. The summed E-state index contributed by atoms with van der Waals surface area (Å²) in [6.07, 6.45) is 6.63.